The highest BCUT2D eigenvalue weighted by Crippen LogP contribution is 2.22. The molecule has 0 bridgehead atoms. The van der Waals surface area contributed by atoms with Crippen LogP contribution < -0.4 is 15.1 Å². The van der Waals surface area contributed by atoms with Gasteiger partial charge in [0.15, 0.2) is 5.82 Å². The number of nitrogens with zero attached hydrogens (tertiary/aromatic N) is 3. The van der Waals surface area contributed by atoms with E-state index in [9.17, 15) is 9.59 Å². The van der Waals surface area contributed by atoms with Crippen LogP contribution in [0.2, 0.25) is 0 Å². The van der Waals surface area contributed by atoms with Crippen molar-refractivity contribution in [3.8, 4) is 0 Å². The van der Waals surface area contributed by atoms with Crippen molar-refractivity contribution in [3.63, 3.8) is 0 Å². The highest BCUT2D eigenvalue weighted by Gasteiger charge is 2.21. The van der Waals surface area contributed by atoms with Crippen molar-refractivity contribution in [1.82, 2.24) is 4.98 Å². The lowest BCUT2D eigenvalue weighted by molar-refractivity contribution is -0.117. The smallest absolute Gasteiger partial charge is 0.248 e. The van der Waals surface area contributed by atoms with E-state index in [2.05, 4.69) is 10.3 Å². The Bertz CT molecular complexity index is 828. The van der Waals surface area contributed by atoms with Crippen LogP contribution in [0.25, 0.3) is 6.08 Å². The first-order chi connectivity index (χ1) is 12.5. The van der Waals surface area contributed by atoms with Crippen molar-refractivity contribution in [2.45, 2.75) is 12.8 Å². The Morgan fingerprint density at radius 1 is 1.23 bits per heavy atom. The van der Waals surface area contributed by atoms with Crippen LogP contribution in [0.15, 0.2) is 48.7 Å². The van der Waals surface area contributed by atoms with Crippen molar-refractivity contribution in [2.24, 2.45) is 0 Å². The zero-order valence-corrected chi connectivity index (χ0v) is 15.0. The molecule has 6 nitrogen and oxygen atoms in total. The van der Waals surface area contributed by atoms with Crippen LogP contribution in [0.4, 0.5) is 17.2 Å². The molecule has 0 saturated carbocycles. The zero-order valence-electron chi connectivity index (χ0n) is 15.0. The molecule has 2 heterocycles. The highest BCUT2D eigenvalue weighted by atomic mass is 16.2. The van der Waals surface area contributed by atoms with E-state index in [1.807, 2.05) is 49.3 Å². The SMILES string of the molecule is CN(C)c1ncccc1NC(=O)/C=C/c1ccc(N2CCCC2=O)cc1. The summed E-state index contributed by atoms with van der Waals surface area (Å²) in [6.45, 7) is 0.774. The molecule has 0 atom stereocenters. The van der Waals surface area contributed by atoms with Crippen molar-refractivity contribution in [2.75, 3.05) is 35.8 Å². The number of rotatable bonds is 5. The van der Waals surface area contributed by atoms with Crippen molar-refractivity contribution >= 4 is 35.1 Å². The van der Waals surface area contributed by atoms with Gasteiger partial charge in [-0.3, -0.25) is 9.59 Å². The third-order valence-electron chi connectivity index (χ3n) is 4.17. The number of amides is 2. The van der Waals surface area contributed by atoms with Gasteiger partial charge in [-0.1, -0.05) is 12.1 Å². The third kappa shape index (κ3) is 4.08. The van der Waals surface area contributed by atoms with Crippen LogP contribution in [0.5, 0.6) is 0 Å². The van der Waals surface area contributed by atoms with Crippen molar-refractivity contribution < 1.29 is 9.59 Å². The average Bonchev–Trinajstić information content (AvgIpc) is 3.07. The fraction of sp³-hybridized carbons (Fsp3) is 0.250. The zero-order chi connectivity index (χ0) is 18.5. The number of carbonyl (C=O) groups is 2. The molecular formula is C20H22N4O2. The van der Waals surface area contributed by atoms with Crippen LogP contribution in [-0.2, 0) is 9.59 Å². The van der Waals surface area contributed by atoms with Crippen molar-refractivity contribution in [1.29, 1.82) is 0 Å². The molecule has 1 aliphatic heterocycles. The van der Waals surface area contributed by atoms with Gasteiger partial charge in [-0.15, -0.1) is 0 Å². The summed E-state index contributed by atoms with van der Waals surface area (Å²) in [5, 5.41) is 2.84. The molecule has 26 heavy (non-hydrogen) atoms. The molecule has 1 aromatic heterocycles. The minimum Gasteiger partial charge on any atom is -0.361 e. The van der Waals surface area contributed by atoms with Crippen LogP contribution in [0, 0.1) is 0 Å². The Balaban J connectivity index is 1.64. The highest BCUT2D eigenvalue weighted by molar-refractivity contribution is 6.03. The van der Waals surface area contributed by atoms with Crippen LogP contribution >= 0.6 is 0 Å². The van der Waals surface area contributed by atoms with Crippen LogP contribution in [-0.4, -0.2) is 37.4 Å². The Hall–Kier alpha value is -3.15. The summed E-state index contributed by atoms with van der Waals surface area (Å²) >= 11 is 0. The Kier molecular flexibility index (Phi) is 5.31. The molecule has 1 saturated heterocycles. The predicted octanol–water partition coefficient (Wildman–Crippen LogP) is 2.93. The second-order valence-electron chi connectivity index (χ2n) is 6.33. The fourth-order valence-corrected chi connectivity index (χ4v) is 2.88. The van der Waals surface area contributed by atoms with E-state index in [1.54, 1.807) is 23.2 Å². The van der Waals surface area contributed by atoms with E-state index in [0.717, 1.165) is 24.2 Å². The van der Waals surface area contributed by atoms with Gasteiger partial charge in [0.25, 0.3) is 0 Å². The van der Waals surface area contributed by atoms with Gasteiger partial charge in [0.1, 0.15) is 0 Å². The predicted molar refractivity (Wildman–Crippen MR) is 104 cm³/mol. The van der Waals surface area contributed by atoms with E-state index in [1.165, 1.54) is 6.08 Å². The van der Waals surface area contributed by atoms with E-state index in [0.29, 0.717) is 17.9 Å². The van der Waals surface area contributed by atoms with E-state index in [4.69, 9.17) is 0 Å². The quantitative estimate of drug-likeness (QED) is 0.842. The summed E-state index contributed by atoms with van der Waals surface area (Å²) in [5.74, 6) is 0.648. The van der Waals surface area contributed by atoms with Gasteiger partial charge in [-0.05, 0) is 42.3 Å². The molecule has 2 amide bonds. The van der Waals surface area contributed by atoms with E-state index in [-0.39, 0.29) is 11.8 Å². The first-order valence-electron chi connectivity index (χ1n) is 8.56. The second-order valence-corrected chi connectivity index (χ2v) is 6.33. The third-order valence-corrected chi connectivity index (χ3v) is 4.17. The summed E-state index contributed by atoms with van der Waals surface area (Å²) in [6.07, 6.45) is 6.45. The molecule has 2 aromatic rings. The van der Waals surface area contributed by atoms with Gasteiger partial charge in [0.2, 0.25) is 11.8 Å². The molecule has 3 rings (SSSR count). The lowest BCUT2D eigenvalue weighted by Gasteiger charge is -2.15. The standard InChI is InChI=1S/C20H22N4O2/c1-23(2)20-17(5-3-13-21-20)22-18(25)12-9-15-7-10-16(11-8-15)24-14-4-6-19(24)26/h3,5,7-13H,4,6,14H2,1-2H3,(H,22,25)/b12-9+. The number of hydrogen-bond donors (Lipinski definition) is 1. The molecule has 0 spiro atoms. The van der Waals surface area contributed by atoms with Gasteiger partial charge in [0, 0.05) is 45.0 Å². The van der Waals surface area contributed by atoms with E-state index >= 15 is 0 Å². The number of carbonyl (C=O) groups excluding carboxylic acids is 2. The van der Waals surface area contributed by atoms with E-state index < -0.39 is 0 Å². The average molecular weight is 350 g/mol. The number of pyridine rings is 1. The number of anilines is 3. The Labute approximate surface area is 153 Å². The van der Waals surface area contributed by atoms with Crippen LogP contribution in [0.1, 0.15) is 18.4 Å². The lowest BCUT2D eigenvalue weighted by Crippen LogP contribution is -2.23. The van der Waals surface area contributed by atoms with Gasteiger partial charge < -0.3 is 15.1 Å². The monoisotopic (exact) mass is 350 g/mol. The maximum atomic E-state index is 12.2. The first kappa shape index (κ1) is 17.7. The molecule has 0 unspecified atom stereocenters. The number of nitrogens with one attached hydrogen (secondary N) is 1. The molecule has 6 heteroatoms. The number of hydrogen-bond acceptors (Lipinski definition) is 4. The molecule has 0 aliphatic carbocycles. The molecular weight excluding hydrogens is 328 g/mol. The molecule has 0 radical (unpaired) electrons. The Morgan fingerprint density at radius 2 is 2.00 bits per heavy atom. The largest absolute Gasteiger partial charge is 0.361 e. The number of benzene rings is 1. The maximum absolute atomic E-state index is 12.2. The minimum absolute atomic E-state index is 0.167. The molecule has 1 aromatic carbocycles. The Morgan fingerprint density at radius 3 is 2.65 bits per heavy atom. The first-order valence-corrected chi connectivity index (χ1v) is 8.56. The lowest BCUT2D eigenvalue weighted by atomic mass is 10.2. The normalized spacial score (nSPS) is 14.1. The number of aromatic nitrogens is 1. The molecule has 1 N–H and O–H groups in total. The van der Waals surface area contributed by atoms with Gasteiger partial charge in [-0.25, -0.2) is 4.98 Å². The molecule has 134 valence electrons. The summed E-state index contributed by atoms with van der Waals surface area (Å²) in [7, 11) is 3.75. The second kappa shape index (κ2) is 7.82. The maximum Gasteiger partial charge on any atom is 0.248 e. The summed E-state index contributed by atoms with van der Waals surface area (Å²) < 4.78 is 0. The van der Waals surface area contributed by atoms with Gasteiger partial charge >= 0.3 is 0 Å². The topological polar surface area (TPSA) is 65.5 Å². The van der Waals surface area contributed by atoms with Gasteiger partial charge in [-0.2, -0.15) is 0 Å². The fourth-order valence-electron chi connectivity index (χ4n) is 2.88. The summed E-state index contributed by atoms with van der Waals surface area (Å²) in [4.78, 5) is 31.9. The minimum atomic E-state index is -0.222. The summed E-state index contributed by atoms with van der Waals surface area (Å²) in [6, 6.07) is 11.2. The van der Waals surface area contributed by atoms with Crippen molar-refractivity contribution in [3.05, 3.63) is 54.2 Å². The molecule has 1 aliphatic rings. The van der Waals surface area contributed by atoms with Gasteiger partial charge in [0.05, 0.1) is 5.69 Å². The van der Waals surface area contributed by atoms with Crippen LogP contribution in [0.3, 0.4) is 0 Å². The molecule has 1 fully saturated rings. The summed E-state index contributed by atoms with van der Waals surface area (Å²) in [5.41, 5.74) is 2.46.